The number of ether oxygens (including phenoxy) is 4. The molecule has 1 spiro atoms. The van der Waals surface area contributed by atoms with Gasteiger partial charge in [-0.2, -0.15) is 0 Å². The van der Waals surface area contributed by atoms with Gasteiger partial charge in [0.15, 0.2) is 5.78 Å². The molecule has 0 saturated carbocycles. The fraction of sp³-hybridized carbons (Fsp3) is 0.417. The van der Waals surface area contributed by atoms with Gasteiger partial charge in [-0.3, -0.25) is 9.59 Å². The lowest BCUT2D eigenvalue weighted by Gasteiger charge is -2.44. The number of ketones is 1. The second-order valence-electron chi connectivity index (χ2n) is 7.88. The van der Waals surface area contributed by atoms with Crippen LogP contribution >= 0.6 is 0 Å². The molecule has 0 atom stereocenters. The van der Waals surface area contributed by atoms with Crippen molar-refractivity contribution < 1.29 is 28.5 Å². The molecule has 2 aliphatic rings. The highest BCUT2D eigenvalue weighted by Gasteiger charge is 2.44. The Bertz CT molecular complexity index is 950. The van der Waals surface area contributed by atoms with Crippen molar-refractivity contribution >= 4 is 11.7 Å². The van der Waals surface area contributed by atoms with E-state index in [-0.39, 0.29) is 18.1 Å². The minimum atomic E-state index is -0.598. The summed E-state index contributed by atoms with van der Waals surface area (Å²) in [6.07, 6.45) is 1.80. The number of amides is 1. The number of nitrogens with zero attached hydrogens (tertiary/aromatic N) is 1. The monoisotopic (exact) mass is 425 g/mol. The van der Waals surface area contributed by atoms with Crippen LogP contribution in [0.2, 0.25) is 0 Å². The van der Waals surface area contributed by atoms with Gasteiger partial charge in [0.1, 0.15) is 34.2 Å². The standard InChI is InChI=1S/C24H27NO6/c1-28-18-14-20(29-2)23-19(26)16-24(31-21(23)15-18)9-11-25(12-10-24)22(27)8-13-30-17-6-4-3-5-7-17/h3-7,14-15H,8-13,16H2,1-2H3. The van der Waals surface area contributed by atoms with Crippen LogP contribution in [0, 0.1) is 0 Å². The van der Waals surface area contributed by atoms with E-state index < -0.39 is 5.60 Å². The Morgan fingerprint density at radius 3 is 2.48 bits per heavy atom. The van der Waals surface area contributed by atoms with Crippen LogP contribution in [0.4, 0.5) is 0 Å². The third-order valence-corrected chi connectivity index (χ3v) is 5.94. The summed E-state index contributed by atoms with van der Waals surface area (Å²) < 4.78 is 22.7. The molecule has 1 amide bonds. The smallest absolute Gasteiger partial charge is 0.226 e. The second kappa shape index (κ2) is 8.88. The van der Waals surface area contributed by atoms with Gasteiger partial charge in [-0.15, -0.1) is 0 Å². The zero-order valence-corrected chi connectivity index (χ0v) is 17.9. The molecule has 1 saturated heterocycles. The number of rotatable bonds is 6. The second-order valence-corrected chi connectivity index (χ2v) is 7.88. The van der Waals surface area contributed by atoms with Gasteiger partial charge >= 0.3 is 0 Å². The summed E-state index contributed by atoms with van der Waals surface area (Å²) in [4.78, 5) is 27.4. The Balaban J connectivity index is 1.37. The molecule has 2 aliphatic heterocycles. The number of fused-ring (bicyclic) bond motifs is 1. The molecule has 0 aliphatic carbocycles. The van der Waals surface area contributed by atoms with Crippen molar-refractivity contribution in [2.45, 2.75) is 31.3 Å². The number of carbonyl (C=O) groups excluding carboxylic acids is 2. The molecular formula is C24H27NO6. The van der Waals surface area contributed by atoms with E-state index in [9.17, 15) is 9.59 Å². The van der Waals surface area contributed by atoms with Gasteiger partial charge in [0.05, 0.1) is 33.7 Å². The quantitative estimate of drug-likeness (QED) is 0.705. The molecular weight excluding hydrogens is 398 g/mol. The molecule has 31 heavy (non-hydrogen) atoms. The van der Waals surface area contributed by atoms with E-state index in [4.69, 9.17) is 18.9 Å². The van der Waals surface area contributed by atoms with Crippen LogP contribution < -0.4 is 18.9 Å². The number of likely N-dealkylation sites (tertiary alicyclic amines) is 1. The maximum absolute atomic E-state index is 12.9. The summed E-state index contributed by atoms with van der Waals surface area (Å²) in [5, 5.41) is 0. The topological polar surface area (TPSA) is 74.3 Å². The van der Waals surface area contributed by atoms with E-state index in [0.717, 1.165) is 5.75 Å². The Kier molecular flexibility index (Phi) is 6.02. The highest BCUT2D eigenvalue weighted by molar-refractivity contribution is 6.03. The number of carbonyl (C=O) groups is 2. The number of Topliss-reactive ketones (excluding diaryl/α,β-unsaturated/α-hetero) is 1. The van der Waals surface area contributed by atoms with Gasteiger partial charge in [-0.25, -0.2) is 0 Å². The van der Waals surface area contributed by atoms with Gasteiger partial charge in [-0.05, 0) is 12.1 Å². The lowest BCUT2D eigenvalue weighted by atomic mass is 9.82. The predicted octanol–water partition coefficient (Wildman–Crippen LogP) is 3.50. The zero-order chi connectivity index (χ0) is 21.8. The normalized spacial score (nSPS) is 17.0. The first-order valence-electron chi connectivity index (χ1n) is 10.5. The van der Waals surface area contributed by atoms with Crippen LogP contribution in [-0.2, 0) is 4.79 Å². The predicted molar refractivity (Wildman–Crippen MR) is 114 cm³/mol. The first-order chi connectivity index (χ1) is 15.0. The average Bonchev–Trinajstić information content (AvgIpc) is 2.79. The first-order valence-corrected chi connectivity index (χ1v) is 10.5. The Morgan fingerprint density at radius 1 is 1.06 bits per heavy atom. The van der Waals surface area contributed by atoms with Crippen molar-refractivity contribution in [1.29, 1.82) is 0 Å². The highest BCUT2D eigenvalue weighted by atomic mass is 16.5. The van der Waals surface area contributed by atoms with Crippen molar-refractivity contribution in [3.05, 3.63) is 48.0 Å². The van der Waals surface area contributed by atoms with Gasteiger partial charge in [0.2, 0.25) is 5.91 Å². The Labute approximate surface area is 181 Å². The van der Waals surface area contributed by atoms with Crippen molar-refractivity contribution in [2.24, 2.45) is 0 Å². The van der Waals surface area contributed by atoms with Gasteiger partial charge < -0.3 is 23.8 Å². The molecule has 0 radical (unpaired) electrons. The van der Waals surface area contributed by atoms with Crippen molar-refractivity contribution in [1.82, 2.24) is 4.90 Å². The molecule has 1 fully saturated rings. The van der Waals surface area contributed by atoms with Gasteiger partial charge in [-0.1, -0.05) is 18.2 Å². The van der Waals surface area contributed by atoms with Crippen molar-refractivity contribution in [3.8, 4) is 23.0 Å². The zero-order valence-electron chi connectivity index (χ0n) is 17.9. The van der Waals surface area contributed by atoms with Crippen molar-refractivity contribution in [3.63, 3.8) is 0 Å². The molecule has 0 N–H and O–H groups in total. The third-order valence-electron chi connectivity index (χ3n) is 5.94. The number of para-hydroxylation sites is 1. The number of hydrogen-bond donors (Lipinski definition) is 0. The third kappa shape index (κ3) is 4.45. The summed E-state index contributed by atoms with van der Waals surface area (Å²) in [6, 6.07) is 12.9. The minimum Gasteiger partial charge on any atom is -0.496 e. The number of piperidine rings is 1. The average molecular weight is 425 g/mol. The lowest BCUT2D eigenvalue weighted by Crippen LogP contribution is -2.52. The summed E-state index contributed by atoms with van der Waals surface area (Å²) >= 11 is 0. The molecule has 164 valence electrons. The molecule has 0 aromatic heterocycles. The molecule has 7 nitrogen and oxygen atoms in total. The van der Waals surface area contributed by atoms with Crippen molar-refractivity contribution in [2.75, 3.05) is 33.9 Å². The van der Waals surface area contributed by atoms with E-state index in [1.165, 1.54) is 7.11 Å². The summed E-state index contributed by atoms with van der Waals surface area (Å²) in [5.74, 6) is 2.33. The van der Waals surface area contributed by atoms with Gasteiger partial charge in [0.25, 0.3) is 0 Å². The van der Waals surface area contributed by atoms with Crippen LogP contribution in [-0.4, -0.2) is 56.1 Å². The molecule has 2 aromatic rings. The van der Waals surface area contributed by atoms with Crippen LogP contribution in [0.1, 0.15) is 36.0 Å². The highest BCUT2D eigenvalue weighted by Crippen LogP contribution is 2.44. The number of hydrogen-bond acceptors (Lipinski definition) is 6. The largest absolute Gasteiger partial charge is 0.496 e. The molecule has 2 heterocycles. The van der Waals surface area contributed by atoms with E-state index in [0.29, 0.717) is 61.8 Å². The SMILES string of the molecule is COc1cc(OC)c2c(c1)OC1(CCN(C(=O)CCOc3ccccc3)CC1)CC2=O. The van der Waals surface area contributed by atoms with E-state index in [2.05, 4.69) is 0 Å². The number of methoxy groups -OCH3 is 2. The molecule has 7 heteroatoms. The Hall–Kier alpha value is -3.22. The summed E-state index contributed by atoms with van der Waals surface area (Å²) in [5.41, 5.74) is -0.135. The Morgan fingerprint density at radius 2 is 1.81 bits per heavy atom. The maximum atomic E-state index is 12.9. The van der Waals surface area contributed by atoms with E-state index >= 15 is 0 Å². The summed E-state index contributed by atoms with van der Waals surface area (Å²) in [6.45, 7) is 1.44. The van der Waals surface area contributed by atoms with Crippen LogP contribution in [0.3, 0.4) is 0 Å². The van der Waals surface area contributed by atoms with E-state index in [1.807, 2.05) is 35.2 Å². The number of benzene rings is 2. The maximum Gasteiger partial charge on any atom is 0.226 e. The molecule has 0 bridgehead atoms. The van der Waals surface area contributed by atoms with Crippen LogP contribution in [0.15, 0.2) is 42.5 Å². The summed E-state index contributed by atoms with van der Waals surface area (Å²) in [7, 11) is 3.09. The van der Waals surface area contributed by atoms with Crippen LogP contribution in [0.25, 0.3) is 0 Å². The first kappa shape index (κ1) is 21.0. The fourth-order valence-electron chi connectivity index (χ4n) is 4.22. The molecule has 0 unspecified atom stereocenters. The van der Waals surface area contributed by atoms with E-state index in [1.54, 1.807) is 19.2 Å². The molecule has 2 aromatic carbocycles. The minimum absolute atomic E-state index is 0.00297. The van der Waals surface area contributed by atoms with Crippen LogP contribution in [0.5, 0.6) is 23.0 Å². The molecule has 4 rings (SSSR count). The lowest BCUT2D eigenvalue weighted by molar-refractivity contribution is -0.135. The van der Waals surface area contributed by atoms with Gasteiger partial charge in [0, 0.05) is 38.1 Å². The fourth-order valence-corrected chi connectivity index (χ4v) is 4.22.